The van der Waals surface area contributed by atoms with Crippen molar-refractivity contribution in [2.24, 2.45) is 23.7 Å². The van der Waals surface area contributed by atoms with E-state index in [1.54, 1.807) is 7.11 Å². The molecule has 0 aromatic rings. The molecule has 0 aromatic carbocycles. The van der Waals surface area contributed by atoms with Crippen molar-refractivity contribution in [3.05, 3.63) is 0 Å². The van der Waals surface area contributed by atoms with Gasteiger partial charge in [0.15, 0.2) is 0 Å². The van der Waals surface area contributed by atoms with Crippen molar-refractivity contribution in [1.82, 2.24) is 0 Å². The Kier molecular flexibility index (Phi) is 4.81. The van der Waals surface area contributed by atoms with Crippen LogP contribution in [0.25, 0.3) is 0 Å². The van der Waals surface area contributed by atoms with Crippen LogP contribution >= 0.6 is 0 Å². The maximum Gasteiger partial charge on any atom is 0.0885 e. The van der Waals surface area contributed by atoms with Crippen molar-refractivity contribution in [3.63, 3.8) is 0 Å². The smallest absolute Gasteiger partial charge is 0.0885 e. The summed E-state index contributed by atoms with van der Waals surface area (Å²) in [6.45, 7) is 13.0. The van der Waals surface area contributed by atoms with E-state index in [1.165, 1.54) is 0 Å². The SMILES string of the molecule is COC1(C)COCC(C(C)C)C(C(C)C)C1. The van der Waals surface area contributed by atoms with Crippen molar-refractivity contribution in [2.45, 2.75) is 46.6 Å². The van der Waals surface area contributed by atoms with E-state index < -0.39 is 0 Å². The second kappa shape index (κ2) is 5.50. The molecule has 0 spiro atoms. The summed E-state index contributed by atoms with van der Waals surface area (Å²) in [5.74, 6) is 2.75. The molecule has 1 aliphatic rings. The van der Waals surface area contributed by atoms with Gasteiger partial charge in [0.1, 0.15) is 0 Å². The zero-order chi connectivity index (χ0) is 12.3. The van der Waals surface area contributed by atoms with Crippen LogP contribution in [0.3, 0.4) is 0 Å². The van der Waals surface area contributed by atoms with Gasteiger partial charge in [-0.15, -0.1) is 0 Å². The van der Waals surface area contributed by atoms with E-state index in [-0.39, 0.29) is 5.60 Å². The summed E-state index contributed by atoms with van der Waals surface area (Å²) >= 11 is 0. The number of rotatable bonds is 3. The highest BCUT2D eigenvalue weighted by atomic mass is 16.5. The predicted molar refractivity (Wildman–Crippen MR) is 67.5 cm³/mol. The molecule has 1 heterocycles. The van der Waals surface area contributed by atoms with Gasteiger partial charge in [-0.1, -0.05) is 27.7 Å². The number of hydrogen-bond acceptors (Lipinski definition) is 2. The Labute approximate surface area is 101 Å². The van der Waals surface area contributed by atoms with E-state index in [4.69, 9.17) is 9.47 Å². The molecule has 2 nitrogen and oxygen atoms in total. The van der Waals surface area contributed by atoms with E-state index in [1.807, 2.05) is 0 Å². The summed E-state index contributed by atoms with van der Waals surface area (Å²) in [5.41, 5.74) is -0.0986. The molecule has 0 amide bonds. The maximum atomic E-state index is 5.83. The van der Waals surface area contributed by atoms with Gasteiger partial charge in [0.2, 0.25) is 0 Å². The lowest BCUT2D eigenvalue weighted by Crippen LogP contribution is -2.36. The molecule has 3 unspecified atom stereocenters. The molecule has 0 bridgehead atoms. The van der Waals surface area contributed by atoms with E-state index in [9.17, 15) is 0 Å². The van der Waals surface area contributed by atoms with E-state index >= 15 is 0 Å². The molecular formula is C14H28O2. The number of hydrogen-bond donors (Lipinski definition) is 0. The first-order valence-corrected chi connectivity index (χ1v) is 6.52. The minimum Gasteiger partial charge on any atom is -0.378 e. The molecular weight excluding hydrogens is 200 g/mol. The summed E-state index contributed by atoms with van der Waals surface area (Å²) < 4.78 is 11.5. The molecule has 96 valence electrons. The summed E-state index contributed by atoms with van der Waals surface area (Å²) in [4.78, 5) is 0. The van der Waals surface area contributed by atoms with Gasteiger partial charge in [-0.05, 0) is 37.0 Å². The van der Waals surface area contributed by atoms with Crippen molar-refractivity contribution in [1.29, 1.82) is 0 Å². The molecule has 1 rings (SSSR count). The van der Waals surface area contributed by atoms with Crippen molar-refractivity contribution < 1.29 is 9.47 Å². The van der Waals surface area contributed by atoms with Gasteiger partial charge >= 0.3 is 0 Å². The third kappa shape index (κ3) is 3.21. The van der Waals surface area contributed by atoms with Crippen LogP contribution in [0.5, 0.6) is 0 Å². The normalized spacial score (nSPS) is 36.8. The Bertz CT molecular complexity index is 213. The van der Waals surface area contributed by atoms with Crippen LogP contribution in [0.2, 0.25) is 0 Å². The fourth-order valence-corrected chi connectivity index (χ4v) is 2.80. The third-order valence-electron chi connectivity index (χ3n) is 4.14. The minimum absolute atomic E-state index is 0.0986. The van der Waals surface area contributed by atoms with E-state index in [0.717, 1.165) is 19.6 Å². The Morgan fingerprint density at radius 3 is 2.12 bits per heavy atom. The van der Waals surface area contributed by atoms with Crippen LogP contribution in [0.4, 0.5) is 0 Å². The summed E-state index contributed by atoms with van der Waals surface area (Å²) in [6.07, 6.45) is 1.12. The first-order chi connectivity index (χ1) is 7.39. The van der Waals surface area contributed by atoms with Crippen LogP contribution in [0.15, 0.2) is 0 Å². The van der Waals surface area contributed by atoms with Gasteiger partial charge in [-0.3, -0.25) is 0 Å². The van der Waals surface area contributed by atoms with Gasteiger partial charge in [0.05, 0.1) is 18.8 Å². The van der Waals surface area contributed by atoms with Gasteiger partial charge in [0.25, 0.3) is 0 Å². The fourth-order valence-electron chi connectivity index (χ4n) is 2.80. The standard InChI is InChI=1S/C14H28O2/c1-10(2)12-7-14(5,15-6)9-16-8-13(12)11(3)4/h10-13H,7-9H2,1-6H3. The van der Waals surface area contributed by atoms with E-state index in [2.05, 4.69) is 34.6 Å². The molecule has 0 aromatic heterocycles. The summed E-state index contributed by atoms with van der Waals surface area (Å²) in [5, 5.41) is 0. The first kappa shape index (κ1) is 14.0. The van der Waals surface area contributed by atoms with Crippen LogP contribution in [-0.4, -0.2) is 25.9 Å². The van der Waals surface area contributed by atoms with Crippen molar-refractivity contribution in [2.75, 3.05) is 20.3 Å². The van der Waals surface area contributed by atoms with Crippen LogP contribution < -0.4 is 0 Å². The topological polar surface area (TPSA) is 18.5 Å². The number of ether oxygens (including phenoxy) is 2. The molecule has 0 radical (unpaired) electrons. The third-order valence-corrected chi connectivity index (χ3v) is 4.14. The van der Waals surface area contributed by atoms with Crippen molar-refractivity contribution in [3.8, 4) is 0 Å². The fraction of sp³-hybridized carbons (Fsp3) is 1.00. The lowest BCUT2D eigenvalue weighted by molar-refractivity contribution is -0.0601. The zero-order valence-corrected chi connectivity index (χ0v) is 11.7. The minimum atomic E-state index is -0.0986. The predicted octanol–water partition coefficient (Wildman–Crippen LogP) is 3.36. The highest BCUT2D eigenvalue weighted by molar-refractivity contribution is 4.87. The first-order valence-electron chi connectivity index (χ1n) is 6.52. The molecule has 3 atom stereocenters. The lowest BCUT2D eigenvalue weighted by Gasteiger charge is -2.34. The Balaban J connectivity index is 2.83. The Morgan fingerprint density at radius 2 is 1.69 bits per heavy atom. The van der Waals surface area contributed by atoms with Gasteiger partial charge < -0.3 is 9.47 Å². The van der Waals surface area contributed by atoms with Crippen LogP contribution in [-0.2, 0) is 9.47 Å². The highest BCUT2D eigenvalue weighted by Crippen LogP contribution is 2.37. The zero-order valence-electron chi connectivity index (χ0n) is 11.7. The molecule has 1 fully saturated rings. The second-order valence-electron chi connectivity index (χ2n) is 6.19. The maximum absolute atomic E-state index is 5.83. The number of methoxy groups -OCH3 is 1. The largest absolute Gasteiger partial charge is 0.378 e. The molecule has 1 aliphatic heterocycles. The van der Waals surface area contributed by atoms with E-state index in [0.29, 0.717) is 23.7 Å². The van der Waals surface area contributed by atoms with Crippen molar-refractivity contribution >= 4 is 0 Å². The van der Waals surface area contributed by atoms with Crippen LogP contribution in [0, 0.1) is 23.7 Å². The van der Waals surface area contributed by atoms with Gasteiger partial charge in [-0.25, -0.2) is 0 Å². The highest BCUT2D eigenvalue weighted by Gasteiger charge is 2.38. The molecule has 1 saturated heterocycles. The van der Waals surface area contributed by atoms with Crippen LogP contribution in [0.1, 0.15) is 41.0 Å². The summed E-state index contributed by atoms with van der Waals surface area (Å²) in [7, 11) is 1.80. The Morgan fingerprint density at radius 1 is 1.12 bits per heavy atom. The quantitative estimate of drug-likeness (QED) is 0.737. The molecule has 0 aliphatic carbocycles. The van der Waals surface area contributed by atoms with Gasteiger partial charge in [-0.2, -0.15) is 0 Å². The average Bonchev–Trinajstić information content (AvgIpc) is 2.38. The monoisotopic (exact) mass is 228 g/mol. The molecule has 16 heavy (non-hydrogen) atoms. The molecule has 2 heteroatoms. The lowest BCUT2D eigenvalue weighted by atomic mass is 9.73. The molecule has 0 saturated carbocycles. The summed E-state index contributed by atoms with van der Waals surface area (Å²) in [6, 6.07) is 0. The molecule has 0 N–H and O–H groups in total. The second-order valence-corrected chi connectivity index (χ2v) is 6.19. The Hall–Kier alpha value is -0.0800. The average molecular weight is 228 g/mol. The van der Waals surface area contributed by atoms with Gasteiger partial charge in [0, 0.05) is 7.11 Å².